The Labute approximate surface area is 113 Å². The van der Waals surface area contributed by atoms with Crippen LogP contribution in [0.4, 0.5) is 4.79 Å². The van der Waals surface area contributed by atoms with Crippen molar-refractivity contribution in [3.63, 3.8) is 0 Å². The molecule has 0 aliphatic heterocycles. The van der Waals surface area contributed by atoms with Crippen LogP contribution < -0.4 is 29.6 Å². The third-order valence-electron chi connectivity index (χ3n) is 1.98. The third kappa shape index (κ3) is 5.42. The van der Waals surface area contributed by atoms with E-state index in [2.05, 4.69) is 25.6 Å². The average molecular weight is 231 g/mol. The van der Waals surface area contributed by atoms with Crippen molar-refractivity contribution >= 4 is 31.7 Å². The Kier molecular flexibility index (Phi) is 7.83. The van der Waals surface area contributed by atoms with Crippen LogP contribution in [-0.2, 0) is 4.74 Å². The molecule has 1 aliphatic rings. The number of rotatable bonds is 1. The fourth-order valence-corrected chi connectivity index (χ4v) is 1.47. The Morgan fingerprint density at radius 3 is 2.31 bits per heavy atom. The van der Waals surface area contributed by atoms with Gasteiger partial charge in [-0.25, -0.2) is 4.79 Å². The molecule has 0 bridgehead atoms. The molecule has 0 saturated heterocycles. The second-order valence-corrected chi connectivity index (χ2v) is 4.05. The number of hydrogen-bond acceptors (Lipinski definition) is 4. The monoisotopic (exact) mass is 231 g/mol. The van der Waals surface area contributed by atoms with Crippen LogP contribution in [-0.4, -0.2) is 15.9 Å². The molecule has 0 atom stereocenters. The van der Waals surface area contributed by atoms with Crippen LogP contribution in [0.2, 0.25) is 0 Å². The topological polar surface area (TPSA) is 29.5 Å². The van der Waals surface area contributed by atoms with Gasteiger partial charge >= 0.3 is 35.7 Å². The normalized spacial score (nSPS) is 17.4. The zero-order valence-electron chi connectivity index (χ0n) is 8.77. The smallest absolute Gasteiger partial charge is 1.00 e. The van der Waals surface area contributed by atoms with Crippen LogP contribution in [0.3, 0.4) is 0 Å². The van der Waals surface area contributed by atoms with Gasteiger partial charge in [-0.1, -0.05) is 6.42 Å². The summed E-state index contributed by atoms with van der Waals surface area (Å²) in [5.41, 5.74) is 0. The summed E-state index contributed by atoms with van der Waals surface area (Å²) in [6, 6.07) is 0. The maximum atomic E-state index is 11.0. The largest absolute Gasteiger partial charge is 1.00 e. The summed E-state index contributed by atoms with van der Waals surface area (Å²) in [6.07, 6.45) is 5.09. The van der Waals surface area contributed by atoms with Crippen molar-refractivity contribution in [1.29, 1.82) is 0 Å². The van der Waals surface area contributed by atoms with Crippen molar-refractivity contribution < 1.29 is 40.5 Å². The van der Waals surface area contributed by atoms with E-state index in [0.717, 1.165) is 29.4 Å². The summed E-state index contributed by atoms with van der Waals surface area (Å²) < 4.78 is 5.96. The molecule has 13 heavy (non-hydrogen) atoms. The maximum absolute atomic E-state index is 11.0. The van der Waals surface area contributed by atoms with Crippen LogP contribution in [0.5, 0.6) is 0 Å². The van der Waals surface area contributed by atoms with Crippen LogP contribution in [0.25, 0.3) is 0 Å². The molecule has 1 fully saturated rings. The van der Waals surface area contributed by atoms with Crippen molar-refractivity contribution in [2.45, 2.75) is 38.2 Å². The van der Waals surface area contributed by atoms with Gasteiger partial charge < -0.3 is 6.16 Å². The minimum absolute atomic E-state index is 0. The van der Waals surface area contributed by atoms with Gasteiger partial charge in [0.1, 0.15) is 6.10 Å². The van der Waals surface area contributed by atoms with E-state index in [-0.39, 0.29) is 37.1 Å². The molecule has 6 heteroatoms. The number of amides is 1. The molecule has 0 aromatic carbocycles. The van der Waals surface area contributed by atoms with Gasteiger partial charge in [0.05, 0.1) is 0 Å². The van der Waals surface area contributed by atoms with Gasteiger partial charge in [-0.05, 0) is 51.3 Å². The molecule has 1 amide bonds. The maximum Gasteiger partial charge on any atom is 1.00 e. The molecule has 1 saturated carbocycles. The Morgan fingerprint density at radius 2 is 1.85 bits per heavy atom. The molecule has 3 nitrogen and oxygen atoms in total. The molecule has 0 unspecified atom stereocenters. The van der Waals surface area contributed by atoms with Crippen molar-refractivity contribution in [2.24, 2.45) is 0 Å². The zero-order chi connectivity index (χ0) is 8.97. The van der Waals surface area contributed by atoms with Crippen LogP contribution in [0.15, 0.2) is 0 Å². The molecule has 1 rings (SSSR count). The number of hydrogen-bond donors (Lipinski definition) is 2. The summed E-state index contributed by atoms with van der Waals surface area (Å²) >= 11 is 7.43. The van der Waals surface area contributed by atoms with Gasteiger partial charge in [-0.3, -0.25) is 0 Å². The first-order valence-electron chi connectivity index (χ1n) is 4.08. The Hall–Kier alpha value is 0.970. The van der Waals surface area contributed by atoms with Crippen LogP contribution >= 0.6 is 25.6 Å². The molecule has 72 valence electrons. The first-order chi connectivity index (χ1) is 5.70. The van der Waals surface area contributed by atoms with Gasteiger partial charge in [0, 0.05) is 0 Å². The Balaban J connectivity index is 0. The molecular formula is C7H14NNaO2S2. The van der Waals surface area contributed by atoms with Crippen molar-refractivity contribution in [1.82, 2.24) is 3.71 Å². The number of carbonyl (C=O) groups excluding carboxylic acids is 1. The van der Waals surface area contributed by atoms with Gasteiger partial charge in [0.2, 0.25) is 0 Å². The quantitative estimate of drug-likeness (QED) is 0.473. The minimum atomic E-state index is -0.478. The molecule has 0 heterocycles. The van der Waals surface area contributed by atoms with Gasteiger partial charge in [-0.2, -0.15) is 3.71 Å². The summed E-state index contributed by atoms with van der Waals surface area (Å²) in [5, 5.41) is 0. The molecule has 1 aliphatic carbocycles. The van der Waals surface area contributed by atoms with Crippen molar-refractivity contribution in [3.8, 4) is 0 Å². The molecule has 0 radical (unpaired) electrons. The van der Waals surface area contributed by atoms with E-state index >= 15 is 0 Å². The fourth-order valence-electron chi connectivity index (χ4n) is 1.37. The van der Waals surface area contributed by atoms with Gasteiger partial charge in [0.15, 0.2) is 0 Å². The van der Waals surface area contributed by atoms with Gasteiger partial charge in [-0.15, -0.1) is 0 Å². The van der Waals surface area contributed by atoms with E-state index in [4.69, 9.17) is 4.74 Å². The number of nitrogens with zero attached hydrogens (tertiary/aromatic N) is 1. The van der Waals surface area contributed by atoms with E-state index in [0.29, 0.717) is 0 Å². The second kappa shape index (κ2) is 7.29. The first kappa shape index (κ1) is 14.0. The number of ether oxygens (including phenoxy) is 1. The standard InChI is InChI=1S/C7H13NO2S2.Na.H/c9-7(8(11)12)10-6-4-2-1-3-5-6;;/h6,11-12H,1-5H2;;/q;+1;-1. The van der Waals surface area contributed by atoms with Crippen molar-refractivity contribution in [3.05, 3.63) is 0 Å². The predicted molar refractivity (Wildman–Crippen MR) is 54.3 cm³/mol. The van der Waals surface area contributed by atoms with E-state index in [1.54, 1.807) is 0 Å². The van der Waals surface area contributed by atoms with E-state index in [1.165, 1.54) is 6.42 Å². The predicted octanol–water partition coefficient (Wildman–Crippen LogP) is -0.436. The zero-order valence-corrected chi connectivity index (χ0v) is 11.6. The average Bonchev–Trinajstić information content (AvgIpc) is 2.06. The molecule has 0 N–H and O–H groups in total. The fraction of sp³-hybridized carbons (Fsp3) is 0.857. The third-order valence-corrected chi connectivity index (χ3v) is 2.31. The van der Waals surface area contributed by atoms with Gasteiger partial charge in [0.25, 0.3) is 0 Å². The van der Waals surface area contributed by atoms with E-state index < -0.39 is 6.09 Å². The second-order valence-electron chi connectivity index (χ2n) is 2.93. The first-order valence-corrected chi connectivity index (χ1v) is 4.88. The molecule has 0 aromatic heterocycles. The SMILES string of the molecule is O=C(OC1CCCCC1)N(S)S.[H-].[Na+]. The van der Waals surface area contributed by atoms with Crippen molar-refractivity contribution in [2.75, 3.05) is 0 Å². The number of carbonyl (C=O) groups is 1. The molecular weight excluding hydrogens is 217 g/mol. The van der Waals surface area contributed by atoms with Crippen LogP contribution in [0.1, 0.15) is 33.5 Å². The summed E-state index contributed by atoms with van der Waals surface area (Å²) in [7, 11) is 0. The summed E-state index contributed by atoms with van der Waals surface area (Å²) in [4.78, 5) is 11.0. The number of thiol groups is 2. The van der Waals surface area contributed by atoms with E-state index in [9.17, 15) is 4.79 Å². The summed E-state index contributed by atoms with van der Waals surface area (Å²) in [5.74, 6) is 0. The van der Waals surface area contributed by atoms with Crippen LogP contribution in [0, 0.1) is 0 Å². The Morgan fingerprint density at radius 1 is 1.31 bits per heavy atom. The van der Waals surface area contributed by atoms with E-state index in [1.807, 2.05) is 0 Å². The molecule has 0 spiro atoms. The molecule has 0 aromatic rings. The Bertz CT molecular complexity index is 168. The summed E-state index contributed by atoms with van der Waals surface area (Å²) in [6.45, 7) is 0. The minimum Gasteiger partial charge on any atom is -1.00 e.